The highest BCUT2D eigenvalue weighted by molar-refractivity contribution is 5.37. The molecule has 100 valence electrons. The van der Waals surface area contributed by atoms with Crippen LogP contribution in [0.5, 0.6) is 0 Å². The van der Waals surface area contributed by atoms with E-state index in [4.69, 9.17) is 0 Å². The third-order valence-corrected chi connectivity index (χ3v) is 3.75. The normalized spacial score (nSPS) is 20.8. The van der Waals surface area contributed by atoms with Gasteiger partial charge in [0.25, 0.3) is 5.56 Å². The number of likely N-dealkylation sites (tertiary alicyclic amines) is 1. The van der Waals surface area contributed by atoms with Crippen molar-refractivity contribution in [1.82, 2.24) is 14.3 Å². The molecule has 1 saturated heterocycles. The van der Waals surface area contributed by atoms with Gasteiger partial charge in [0.1, 0.15) is 5.65 Å². The van der Waals surface area contributed by atoms with E-state index >= 15 is 0 Å². The molecule has 0 radical (unpaired) electrons. The average Bonchev–Trinajstić information content (AvgIpc) is 2.39. The van der Waals surface area contributed by atoms with Crippen molar-refractivity contribution in [2.75, 3.05) is 13.1 Å². The molecule has 19 heavy (non-hydrogen) atoms. The Balaban J connectivity index is 1.87. The lowest BCUT2D eigenvalue weighted by atomic mass is 10.0. The Morgan fingerprint density at radius 3 is 3.16 bits per heavy atom. The van der Waals surface area contributed by atoms with Gasteiger partial charge in [-0.2, -0.15) is 0 Å². The zero-order chi connectivity index (χ0) is 13.2. The van der Waals surface area contributed by atoms with Crippen LogP contribution in [0.15, 0.2) is 35.3 Å². The summed E-state index contributed by atoms with van der Waals surface area (Å²) in [5.41, 5.74) is 1.62. The van der Waals surface area contributed by atoms with Crippen LogP contribution in [0.3, 0.4) is 0 Å². The van der Waals surface area contributed by atoms with Crippen LogP contribution in [0.4, 0.5) is 0 Å². The van der Waals surface area contributed by atoms with Crippen LogP contribution in [0.2, 0.25) is 0 Å². The fourth-order valence-electron chi connectivity index (χ4n) is 2.84. The SMILES string of the molecule is CC1CCCN(Cc2cc(=O)n3ccccc3n2)C1. The van der Waals surface area contributed by atoms with Gasteiger partial charge >= 0.3 is 0 Å². The van der Waals surface area contributed by atoms with E-state index in [-0.39, 0.29) is 5.56 Å². The quantitative estimate of drug-likeness (QED) is 0.825. The van der Waals surface area contributed by atoms with E-state index in [1.165, 1.54) is 12.8 Å². The van der Waals surface area contributed by atoms with E-state index in [1.807, 2.05) is 18.2 Å². The summed E-state index contributed by atoms with van der Waals surface area (Å²) in [7, 11) is 0. The maximum absolute atomic E-state index is 12.0. The van der Waals surface area contributed by atoms with Crippen molar-refractivity contribution in [2.24, 2.45) is 5.92 Å². The third-order valence-electron chi connectivity index (χ3n) is 3.75. The predicted octanol–water partition coefficient (Wildman–Crippen LogP) is 1.93. The van der Waals surface area contributed by atoms with Gasteiger partial charge in [-0.05, 0) is 37.4 Å². The van der Waals surface area contributed by atoms with Crippen LogP contribution in [-0.2, 0) is 6.54 Å². The first-order valence-corrected chi connectivity index (χ1v) is 6.92. The van der Waals surface area contributed by atoms with Crippen LogP contribution in [0, 0.1) is 5.92 Å². The Kier molecular flexibility index (Phi) is 3.34. The van der Waals surface area contributed by atoms with Crippen molar-refractivity contribution >= 4 is 5.65 Å². The molecule has 0 aromatic carbocycles. The number of pyridine rings is 1. The minimum atomic E-state index is 0.00524. The van der Waals surface area contributed by atoms with Crippen LogP contribution in [0.25, 0.3) is 5.65 Å². The molecule has 2 aromatic rings. The van der Waals surface area contributed by atoms with Crippen LogP contribution in [-0.4, -0.2) is 27.4 Å². The Bertz CT molecular complexity index is 635. The van der Waals surface area contributed by atoms with Gasteiger partial charge in [0.2, 0.25) is 0 Å². The molecular formula is C15H19N3O. The van der Waals surface area contributed by atoms with Crippen molar-refractivity contribution in [1.29, 1.82) is 0 Å². The maximum Gasteiger partial charge on any atom is 0.258 e. The summed E-state index contributed by atoms with van der Waals surface area (Å²) in [6.07, 6.45) is 4.31. The molecule has 1 fully saturated rings. The third kappa shape index (κ3) is 2.68. The van der Waals surface area contributed by atoms with Gasteiger partial charge in [-0.1, -0.05) is 13.0 Å². The molecule has 0 aliphatic carbocycles. The Morgan fingerprint density at radius 2 is 2.32 bits per heavy atom. The molecule has 0 spiro atoms. The summed E-state index contributed by atoms with van der Waals surface area (Å²) in [5.74, 6) is 0.746. The van der Waals surface area contributed by atoms with Crippen molar-refractivity contribution in [3.63, 3.8) is 0 Å². The van der Waals surface area contributed by atoms with E-state index in [2.05, 4.69) is 16.8 Å². The smallest absolute Gasteiger partial charge is 0.258 e. The van der Waals surface area contributed by atoms with Crippen molar-refractivity contribution in [3.8, 4) is 0 Å². The minimum absolute atomic E-state index is 0.00524. The second-order valence-electron chi connectivity index (χ2n) is 5.50. The van der Waals surface area contributed by atoms with Gasteiger partial charge in [0.05, 0.1) is 5.69 Å². The van der Waals surface area contributed by atoms with E-state index in [0.717, 1.165) is 36.9 Å². The monoisotopic (exact) mass is 257 g/mol. The molecule has 1 aliphatic heterocycles. The molecular weight excluding hydrogens is 238 g/mol. The van der Waals surface area contributed by atoms with E-state index < -0.39 is 0 Å². The number of piperidine rings is 1. The molecule has 1 unspecified atom stereocenters. The Labute approximate surface area is 112 Å². The van der Waals surface area contributed by atoms with Crippen molar-refractivity contribution < 1.29 is 0 Å². The molecule has 0 bridgehead atoms. The first kappa shape index (κ1) is 12.4. The first-order chi connectivity index (χ1) is 9.22. The van der Waals surface area contributed by atoms with E-state index in [0.29, 0.717) is 0 Å². The summed E-state index contributed by atoms with van der Waals surface area (Å²) in [6.45, 7) is 5.29. The van der Waals surface area contributed by atoms with Gasteiger partial charge in [-0.15, -0.1) is 0 Å². The molecule has 4 heteroatoms. The second kappa shape index (κ2) is 5.13. The predicted molar refractivity (Wildman–Crippen MR) is 75.1 cm³/mol. The maximum atomic E-state index is 12.0. The fraction of sp³-hybridized carbons (Fsp3) is 0.467. The molecule has 2 aromatic heterocycles. The number of hydrogen-bond acceptors (Lipinski definition) is 3. The van der Waals surface area contributed by atoms with Crippen LogP contribution < -0.4 is 5.56 Å². The second-order valence-corrected chi connectivity index (χ2v) is 5.50. The summed E-state index contributed by atoms with van der Waals surface area (Å²) in [5, 5.41) is 0. The summed E-state index contributed by atoms with van der Waals surface area (Å²) in [6, 6.07) is 7.30. The van der Waals surface area contributed by atoms with Gasteiger partial charge in [-0.3, -0.25) is 14.1 Å². The summed E-state index contributed by atoms with van der Waals surface area (Å²) in [4.78, 5) is 19.0. The number of fused-ring (bicyclic) bond motifs is 1. The van der Waals surface area contributed by atoms with Gasteiger partial charge in [-0.25, -0.2) is 4.98 Å². The van der Waals surface area contributed by atoms with Crippen LogP contribution in [0.1, 0.15) is 25.5 Å². The standard InChI is InChI=1S/C15H19N3O/c1-12-5-4-7-17(10-12)11-13-9-15(19)18-8-3-2-6-14(18)16-13/h2-3,6,8-9,12H,4-5,7,10-11H2,1H3. The summed E-state index contributed by atoms with van der Waals surface area (Å²) >= 11 is 0. The number of nitrogens with zero attached hydrogens (tertiary/aromatic N) is 3. The average molecular weight is 257 g/mol. The molecule has 4 nitrogen and oxygen atoms in total. The topological polar surface area (TPSA) is 37.6 Å². The lowest BCUT2D eigenvalue weighted by Crippen LogP contribution is -2.34. The molecule has 0 N–H and O–H groups in total. The Morgan fingerprint density at radius 1 is 1.42 bits per heavy atom. The molecule has 1 atom stereocenters. The molecule has 0 saturated carbocycles. The van der Waals surface area contributed by atoms with Crippen molar-refractivity contribution in [2.45, 2.75) is 26.3 Å². The van der Waals surface area contributed by atoms with Crippen LogP contribution >= 0.6 is 0 Å². The highest BCUT2D eigenvalue weighted by Gasteiger charge is 2.17. The van der Waals surface area contributed by atoms with Gasteiger partial charge in [0, 0.05) is 25.4 Å². The van der Waals surface area contributed by atoms with E-state index in [1.54, 1.807) is 16.7 Å². The highest BCUT2D eigenvalue weighted by Crippen LogP contribution is 2.16. The minimum Gasteiger partial charge on any atom is -0.297 e. The fourth-order valence-corrected chi connectivity index (χ4v) is 2.84. The zero-order valence-electron chi connectivity index (χ0n) is 11.2. The lowest BCUT2D eigenvalue weighted by Gasteiger charge is -2.30. The number of hydrogen-bond donors (Lipinski definition) is 0. The Hall–Kier alpha value is -1.68. The first-order valence-electron chi connectivity index (χ1n) is 6.92. The molecule has 3 heterocycles. The van der Waals surface area contributed by atoms with Crippen molar-refractivity contribution in [3.05, 3.63) is 46.5 Å². The van der Waals surface area contributed by atoms with Gasteiger partial charge < -0.3 is 0 Å². The largest absolute Gasteiger partial charge is 0.297 e. The molecule has 1 aliphatic rings. The lowest BCUT2D eigenvalue weighted by molar-refractivity contribution is 0.175. The van der Waals surface area contributed by atoms with Gasteiger partial charge in [0.15, 0.2) is 0 Å². The number of aromatic nitrogens is 2. The zero-order valence-corrected chi connectivity index (χ0v) is 11.2. The highest BCUT2D eigenvalue weighted by atomic mass is 16.1. The number of rotatable bonds is 2. The molecule has 3 rings (SSSR count). The van der Waals surface area contributed by atoms with E-state index in [9.17, 15) is 4.79 Å². The summed E-state index contributed by atoms with van der Waals surface area (Å²) < 4.78 is 1.59. The molecule has 0 amide bonds.